The van der Waals surface area contributed by atoms with Crippen LogP contribution in [0.2, 0.25) is 0 Å². The van der Waals surface area contributed by atoms with Crippen molar-refractivity contribution < 1.29 is 4.74 Å². The van der Waals surface area contributed by atoms with Crippen molar-refractivity contribution in [3.63, 3.8) is 0 Å². The second-order valence-corrected chi connectivity index (χ2v) is 7.93. The molecule has 6 rings (SSSR count). The fraction of sp³-hybridized carbons (Fsp3) is 0.217. The number of nitrogen functional groups attached to an aromatic ring is 1. The van der Waals surface area contributed by atoms with Crippen LogP contribution in [0.15, 0.2) is 48.5 Å². The topological polar surface area (TPSA) is 110 Å². The molecule has 0 bridgehead atoms. The first kappa shape index (κ1) is 18.8. The molecule has 3 aromatic heterocycles. The van der Waals surface area contributed by atoms with Crippen LogP contribution in [0.3, 0.4) is 0 Å². The number of nitrogens with zero attached hydrogens (tertiary/aromatic N) is 6. The molecule has 160 valence electrons. The molecule has 9 heteroatoms. The number of fused-ring (bicyclic) bond motifs is 4. The highest BCUT2D eigenvalue weighted by molar-refractivity contribution is 5.95. The van der Waals surface area contributed by atoms with Crippen molar-refractivity contribution in [1.29, 1.82) is 0 Å². The largest absolute Gasteiger partial charge is 0.494 e. The molecule has 4 heterocycles. The Morgan fingerprint density at radius 2 is 1.91 bits per heavy atom. The summed E-state index contributed by atoms with van der Waals surface area (Å²) in [5, 5.41) is 5.46. The lowest BCUT2D eigenvalue weighted by Crippen LogP contribution is -2.20. The number of H-pyrrole nitrogens is 1. The minimum atomic E-state index is 0.296. The number of ether oxygens (including phenoxy) is 1. The van der Waals surface area contributed by atoms with Crippen molar-refractivity contribution in [2.24, 2.45) is 0 Å². The van der Waals surface area contributed by atoms with Crippen molar-refractivity contribution >= 4 is 22.5 Å². The van der Waals surface area contributed by atoms with Gasteiger partial charge in [-0.3, -0.25) is 4.90 Å². The van der Waals surface area contributed by atoms with E-state index in [9.17, 15) is 0 Å². The summed E-state index contributed by atoms with van der Waals surface area (Å²) in [7, 11) is 1.62. The van der Waals surface area contributed by atoms with E-state index in [1.165, 1.54) is 5.69 Å². The summed E-state index contributed by atoms with van der Waals surface area (Å²) >= 11 is 0. The van der Waals surface area contributed by atoms with Gasteiger partial charge in [0.2, 0.25) is 5.95 Å². The first-order valence-electron chi connectivity index (χ1n) is 10.5. The zero-order chi connectivity index (χ0) is 21.7. The number of aromatic nitrogens is 6. The molecule has 1 aliphatic rings. The standard InChI is InChI=1S/C23H22N8O/c1-32-18-9-5-8-15-20(18)28-23(24)31-22(15)27-19(29-31)10-11-30-12-16-17(13-30)26-21(25-16)14-6-3-2-4-7-14/h2-9H,10-13H2,1H3,(H2,24,28)(H,25,26). The van der Waals surface area contributed by atoms with E-state index < -0.39 is 0 Å². The van der Waals surface area contributed by atoms with E-state index in [0.29, 0.717) is 29.3 Å². The molecule has 0 spiro atoms. The van der Waals surface area contributed by atoms with Crippen LogP contribution >= 0.6 is 0 Å². The quantitative estimate of drug-likeness (QED) is 0.445. The molecule has 0 aliphatic carbocycles. The maximum Gasteiger partial charge on any atom is 0.223 e. The van der Waals surface area contributed by atoms with E-state index in [1.807, 2.05) is 36.4 Å². The molecule has 0 saturated heterocycles. The van der Waals surface area contributed by atoms with Gasteiger partial charge in [-0.1, -0.05) is 36.4 Å². The Morgan fingerprint density at radius 1 is 1.03 bits per heavy atom. The fourth-order valence-corrected chi connectivity index (χ4v) is 4.29. The van der Waals surface area contributed by atoms with Crippen LogP contribution in [0.1, 0.15) is 17.2 Å². The van der Waals surface area contributed by atoms with Gasteiger partial charge in [-0.15, -0.1) is 5.10 Å². The SMILES string of the molecule is COc1cccc2c1nc(N)n1nc(CCN3Cc4nc(-c5ccccc5)[nH]c4C3)nc21. The number of imidazole rings is 1. The van der Waals surface area contributed by atoms with Crippen LogP contribution < -0.4 is 10.5 Å². The molecule has 1 aliphatic heterocycles. The predicted octanol–water partition coefficient (Wildman–Crippen LogP) is 2.82. The van der Waals surface area contributed by atoms with E-state index >= 15 is 0 Å². The summed E-state index contributed by atoms with van der Waals surface area (Å²) < 4.78 is 7.03. The molecule has 0 radical (unpaired) electrons. The van der Waals surface area contributed by atoms with Gasteiger partial charge < -0.3 is 15.5 Å². The van der Waals surface area contributed by atoms with E-state index in [4.69, 9.17) is 20.4 Å². The normalized spacial score (nSPS) is 13.8. The first-order valence-corrected chi connectivity index (χ1v) is 10.5. The second kappa shape index (κ2) is 7.31. The number of hydrogen-bond acceptors (Lipinski definition) is 7. The molecule has 5 aromatic rings. The van der Waals surface area contributed by atoms with Crippen LogP contribution in [-0.4, -0.2) is 48.1 Å². The Bertz CT molecular complexity index is 1420. The van der Waals surface area contributed by atoms with Gasteiger partial charge in [0, 0.05) is 37.0 Å². The average molecular weight is 426 g/mol. The molecule has 9 nitrogen and oxygen atoms in total. The Morgan fingerprint density at radius 3 is 2.72 bits per heavy atom. The molecular formula is C23H22N8O. The molecule has 2 aromatic carbocycles. The molecule has 0 saturated carbocycles. The van der Waals surface area contributed by atoms with Gasteiger partial charge in [0.05, 0.1) is 18.5 Å². The highest BCUT2D eigenvalue weighted by Gasteiger charge is 2.24. The van der Waals surface area contributed by atoms with Gasteiger partial charge in [-0.25, -0.2) is 15.0 Å². The number of rotatable bonds is 5. The lowest BCUT2D eigenvalue weighted by molar-refractivity contribution is 0.282. The third kappa shape index (κ3) is 3.05. The summed E-state index contributed by atoms with van der Waals surface area (Å²) in [6.45, 7) is 2.48. The monoisotopic (exact) mass is 426 g/mol. The van der Waals surface area contributed by atoms with E-state index in [2.05, 4.69) is 32.1 Å². The Kier molecular flexibility index (Phi) is 4.29. The lowest BCUT2D eigenvalue weighted by atomic mass is 10.2. The van der Waals surface area contributed by atoms with Gasteiger partial charge in [-0.05, 0) is 12.1 Å². The summed E-state index contributed by atoms with van der Waals surface area (Å²) in [5.74, 6) is 2.64. The molecule has 0 atom stereocenters. The van der Waals surface area contributed by atoms with E-state index in [0.717, 1.165) is 47.9 Å². The number of anilines is 1. The summed E-state index contributed by atoms with van der Waals surface area (Å²) in [4.78, 5) is 19.8. The third-order valence-electron chi connectivity index (χ3n) is 5.87. The van der Waals surface area contributed by atoms with Crippen molar-refractivity contribution in [1.82, 2.24) is 34.4 Å². The average Bonchev–Trinajstić information content (AvgIpc) is 3.51. The minimum absolute atomic E-state index is 0.296. The number of hydrogen-bond donors (Lipinski definition) is 2. The summed E-state index contributed by atoms with van der Waals surface area (Å²) in [5.41, 5.74) is 10.9. The minimum Gasteiger partial charge on any atom is -0.494 e. The smallest absolute Gasteiger partial charge is 0.223 e. The van der Waals surface area contributed by atoms with Crippen LogP contribution in [-0.2, 0) is 19.5 Å². The van der Waals surface area contributed by atoms with Gasteiger partial charge in [0.15, 0.2) is 11.5 Å². The molecular weight excluding hydrogens is 404 g/mol. The van der Waals surface area contributed by atoms with E-state index in [-0.39, 0.29) is 0 Å². The van der Waals surface area contributed by atoms with Crippen LogP contribution in [0.4, 0.5) is 5.95 Å². The van der Waals surface area contributed by atoms with Gasteiger partial charge in [0.25, 0.3) is 0 Å². The van der Waals surface area contributed by atoms with Crippen LogP contribution in [0, 0.1) is 0 Å². The molecule has 3 N–H and O–H groups in total. The maximum absolute atomic E-state index is 6.15. The highest BCUT2D eigenvalue weighted by atomic mass is 16.5. The summed E-state index contributed by atoms with van der Waals surface area (Å²) in [6.07, 6.45) is 0.711. The number of aromatic amines is 1. The first-order chi connectivity index (χ1) is 15.7. The lowest BCUT2D eigenvalue weighted by Gasteiger charge is -2.13. The van der Waals surface area contributed by atoms with Gasteiger partial charge in [-0.2, -0.15) is 4.52 Å². The van der Waals surface area contributed by atoms with Crippen molar-refractivity contribution in [3.8, 4) is 17.1 Å². The fourth-order valence-electron chi connectivity index (χ4n) is 4.29. The van der Waals surface area contributed by atoms with Crippen molar-refractivity contribution in [2.45, 2.75) is 19.5 Å². The van der Waals surface area contributed by atoms with E-state index in [1.54, 1.807) is 11.6 Å². The third-order valence-corrected chi connectivity index (χ3v) is 5.87. The highest BCUT2D eigenvalue weighted by Crippen LogP contribution is 2.28. The van der Waals surface area contributed by atoms with Gasteiger partial charge >= 0.3 is 0 Å². The van der Waals surface area contributed by atoms with Crippen molar-refractivity contribution in [3.05, 3.63) is 65.7 Å². The number of benzene rings is 2. The number of methoxy groups -OCH3 is 1. The van der Waals surface area contributed by atoms with Crippen LogP contribution in [0.5, 0.6) is 5.75 Å². The molecule has 32 heavy (non-hydrogen) atoms. The Balaban J connectivity index is 1.20. The molecule has 0 amide bonds. The van der Waals surface area contributed by atoms with Crippen LogP contribution in [0.25, 0.3) is 27.9 Å². The Hall–Kier alpha value is -3.98. The number of para-hydroxylation sites is 1. The second-order valence-electron chi connectivity index (χ2n) is 7.93. The van der Waals surface area contributed by atoms with Crippen molar-refractivity contribution in [2.75, 3.05) is 19.4 Å². The Labute approximate surface area is 183 Å². The zero-order valence-electron chi connectivity index (χ0n) is 17.6. The predicted molar refractivity (Wildman–Crippen MR) is 121 cm³/mol. The zero-order valence-corrected chi connectivity index (χ0v) is 17.6. The number of nitrogens with one attached hydrogen (secondary N) is 1. The molecule has 0 unspecified atom stereocenters. The maximum atomic E-state index is 6.15. The summed E-state index contributed by atoms with van der Waals surface area (Å²) in [6, 6.07) is 15.9. The van der Waals surface area contributed by atoms with Gasteiger partial charge in [0.1, 0.15) is 17.1 Å². The molecule has 0 fully saturated rings. The number of nitrogens with two attached hydrogens (primary N) is 1.